The molecule has 0 heterocycles. The maximum Gasteiger partial charge on any atom is 0.232 e. The number of benzene rings is 1. The summed E-state index contributed by atoms with van der Waals surface area (Å²) in [5, 5.41) is 0.473. The molecule has 1 rings (SSSR count). The first-order valence-corrected chi connectivity index (χ1v) is 6.72. The molecule has 0 radical (unpaired) electrons. The van der Waals surface area contributed by atoms with Crippen LogP contribution in [0, 0.1) is 0 Å². The maximum atomic E-state index is 11.2. The number of hydrogen-bond acceptors (Lipinski definition) is 2. The molecule has 6 heteroatoms. The highest BCUT2D eigenvalue weighted by atomic mass is 79.9. The molecule has 0 bridgehead atoms. The van der Waals surface area contributed by atoms with Crippen molar-refractivity contribution in [2.45, 2.75) is 6.92 Å². The van der Waals surface area contributed by atoms with Gasteiger partial charge in [0.1, 0.15) is 0 Å². The van der Waals surface area contributed by atoms with Crippen LogP contribution in [0.3, 0.4) is 0 Å². The van der Waals surface area contributed by atoms with E-state index in [1.807, 2.05) is 0 Å². The van der Waals surface area contributed by atoms with Crippen molar-refractivity contribution in [2.24, 2.45) is 0 Å². The van der Waals surface area contributed by atoms with Crippen molar-refractivity contribution in [3.63, 3.8) is 0 Å². The van der Waals surface area contributed by atoms with Crippen molar-refractivity contribution in [2.75, 3.05) is 10.5 Å². The Hall–Kier alpha value is -0.260. The highest BCUT2D eigenvalue weighted by Crippen LogP contribution is 2.25. The first kappa shape index (κ1) is 11.8. The molecular formula is C8H9BrClNO2S. The molecule has 78 valence electrons. The number of rotatable bonds is 3. The second kappa shape index (κ2) is 4.51. The molecular weight excluding hydrogens is 290 g/mol. The van der Waals surface area contributed by atoms with Crippen molar-refractivity contribution in [1.29, 1.82) is 0 Å². The van der Waals surface area contributed by atoms with Crippen molar-refractivity contribution >= 4 is 43.2 Å². The Morgan fingerprint density at radius 1 is 1.50 bits per heavy atom. The van der Waals surface area contributed by atoms with Gasteiger partial charge in [-0.2, -0.15) is 0 Å². The zero-order valence-electron chi connectivity index (χ0n) is 7.42. The minimum absolute atomic E-state index is 0.0423. The van der Waals surface area contributed by atoms with Gasteiger partial charge in [-0.3, -0.25) is 4.72 Å². The van der Waals surface area contributed by atoms with Crippen molar-refractivity contribution in [3.8, 4) is 0 Å². The van der Waals surface area contributed by atoms with Gasteiger partial charge in [0.05, 0.1) is 16.5 Å². The molecule has 0 aliphatic rings. The van der Waals surface area contributed by atoms with Gasteiger partial charge in [-0.1, -0.05) is 11.6 Å². The minimum Gasteiger partial charge on any atom is -0.284 e. The summed E-state index contributed by atoms with van der Waals surface area (Å²) in [6.07, 6.45) is 0. The summed E-state index contributed by atoms with van der Waals surface area (Å²) >= 11 is 9.02. The number of halogens is 2. The van der Waals surface area contributed by atoms with Gasteiger partial charge >= 0.3 is 0 Å². The lowest BCUT2D eigenvalue weighted by molar-refractivity contribution is 0.602. The summed E-state index contributed by atoms with van der Waals surface area (Å²) in [4.78, 5) is 0. The molecule has 0 spiro atoms. The van der Waals surface area contributed by atoms with E-state index < -0.39 is 10.0 Å². The summed E-state index contributed by atoms with van der Waals surface area (Å²) in [6.45, 7) is 1.57. The van der Waals surface area contributed by atoms with Gasteiger partial charge in [0.2, 0.25) is 10.0 Å². The lowest BCUT2D eigenvalue weighted by atomic mass is 10.3. The Labute approximate surface area is 96.6 Å². The second-order valence-corrected chi connectivity index (χ2v) is 5.91. The summed E-state index contributed by atoms with van der Waals surface area (Å²) in [6, 6.07) is 4.89. The molecule has 3 nitrogen and oxygen atoms in total. The number of anilines is 1. The molecule has 0 fully saturated rings. The largest absolute Gasteiger partial charge is 0.284 e. The van der Waals surface area contributed by atoms with E-state index >= 15 is 0 Å². The van der Waals surface area contributed by atoms with Crippen LogP contribution < -0.4 is 4.72 Å². The van der Waals surface area contributed by atoms with E-state index in [1.54, 1.807) is 25.1 Å². The van der Waals surface area contributed by atoms with Crippen molar-refractivity contribution < 1.29 is 8.42 Å². The summed E-state index contributed by atoms with van der Waals surface area (Å²) in [5.74, 6) is 0.0423. The van der Waals surface area contributed by atoms with Gasteiger partial charge in [0, 0.05) is 4.47 Å². The fraction of sp³-hybridized carbons (Fsp3) is 0.250. The molecule has 1 aromatic rings. The van der Waals surface area contributed by atoms with Crippen LogP contribution in [-0.2, 0) is 10.0 Å². The average Bonchev–Trinajstić information content (AvgIpc) is 2.11. The zero-order valence-corrected chi connectivity index (χ0v) is 10.6. The highest BCUT2D eigenvalue weighted by Gasteiger charge is 2.07. The summed E-state index contributed by atoms with van der Waals surface area (Å²) in [7, 11) is -3.23. The van der Waals surface area contributed by atoms with Crippen LogP contribution >= 0.6 is 27.5 Å². The van der Waals surface area contributed by atoms with Crippen LogP contribution in [-0.4, -0.2) is 14.2 Å². The molecule has 1 aromatic carbocycles. The number of nitrogens with one attached hydrogen (secondary N) is 1. The topological polar surface area (TPSA) is 46.2 Å². The molecule has 0 saturated carbocycles. The lowest BCUT2D eigenvalue weighted by Crippen LogP contribution is -2.14. The van der Waals surface area contributed by atoms with E-state index in [0.29, 0.717) is 10.7 Å². The summed E-state index contributed by atoms with van der Waals surface area (Å²) < 4.78 is 25.5. The van der Waals surface area contributed by atoms with Crippen LogP contribution in [0.2, 0.25) is 5.02 Å². The molecule has 0 saturated heterocycles. The highest BCUT2D eigenvalue weighted by molar-refractivity contribution is 9.10. The van der Waals surface area contributed by atoms with E-state index in [2.05, 4.69) is 20.7 Å². The normalized spacial score (nSPS) is 11.4. The van der Waals surface area contributed by atoms with Crippen LogP contribution in [0.5, 0.6) is 0 Å². The third kappa shape index (κ3) is 3.15. The predicted molar refractivity (Wildman–Crippen MR) is 62.2 cm³/mol. The Bertz CT molecular complexity index is 433. The molecule has 0 aliphatic heterocycles. The fourth-order valence-corrected chi connectivity index (χ4v) is 1.87. The van der Waals surface area contributed by atoms with Crippen molar-refractivity contribution in [3.05, 3.63) is 27.7 Å². The molecule has 14 heavy (non-hydrogen) atoms. The smallest absolute Gasteiger partial charge is 0.232 e. The van der Waals surface area contributed by atoms with E-state index in [9.17, 15) is 8.42 Å². The van der Waals surface area contributed by atoms with Gasteiger partial charge in [0.15, 0.2) is 0 Å². The Balaban J connectivity index is 2.94. The zero-order chi connectivity index (χ0) is 10.8. The standard InChI is InChI=1S/C8H9BrClNO2S/c1-2-14(12,13)11-6-3-4-7(9)8(10)5-6/h3-5,11H,2H2,1H3. The molecule has 0 aliphatic carbocycles. The van der Waals surface area contributed by atoms with Gasteiger partial charge in [-0.15, -0.1) is 0 Å². The van der Waals surface area contributed by atoms with Crippen LogP contribution in [0.25, 0.3) is 0 Å². The lowest BCUT2D eigenvalue weighted by Gasteiger charge is -2.06. The first-order valence-electron chi connectivity index (χ1n) is 3.90. The maximum absolute atomic E-state index is 11.2. The molecule has 0 amide bonds. The first-order chi connectivity index (χ1) is 6.44. The Kier molecular flexibility index (Phi) is 3.80. The molecule has 0 aromatic heterocycles. The number of hydrogen-bond donors (Lipinski definition) is 1. The van der Waals surface area contributed by atoms with Crippen LogP contribution in [0.4, 0.5) is 5.69 Å². The van der Waals surface area contributed by atoms with Crippen LogP contribution in [0.15, 0.2) is 22.7 Å². The van der Waals surface area contributed by atoms with E-state index in [1.165, 1.54) is 0 Å². The van der Waals surface area contributed by atoms with Crippen LogP contribution in [0.1, 0.15) is 6.92 Å². The summed E-state index contributed by atoms with van der Waals surface area (Å²) in [5.41, 5.74) is 0.472. The van der Waals surface area contributed by atoms with Gasteiger partial charge < -0.3 is 0 Å². The third-order valence-electron chi connectivity index (χ3n) is 1.57. The van der Waals surface area contributed by atoms with E-state index in [-0.39, 0.29) is 5.75 Å². The van der Waals surface area contributed by atoms with Gasteiger partial charge in [0.25, 0.3) is 0 Å². The SMILES string of the molecule is CCS(=O)(=O)Nc1ccc(Br)c(Cl)c1. The second-order valence-electron chi connectivity index (χ2n) is 2.63. The molecule has 0 atom stereocenters. The minimum atomic E-state index is -3.23. The Morgan fingerprint density at radius 2 is 2.14 bits per heavy atom. The van der Waals surface area contributed by atoms with Gasteiger partial charge in [-0.25, -0.2) is 8.42 Å². The van der Waals surface area contributed by atoms with E-state index in [4.69, 9.17) is 11.6 Å². The molecule has 0 unspecified atom stereocenters. The van der Waals surface area contributed by atoms with Gasteiger partial charge in [-0.05, 0) is 41.1 Å². The van der Waals surface area contributed by atoms with Crippen molar-refractivity contribution in [1.82, 2.24) is 0 Å². The number of sulfonamides is 1. The predicted octanol–water partition coefficient (Wildman–Crippen LogP) is 2.86. The van der Waals surface area contributed by atoms with E-state index in [0.717, 1.165) is 4.47 Å². The Morgan fingerprint density at radius 3 is 2.64 bits per heavy atom. The quantitative estimate of drug-likeness (QED) is 0.932. The monoisotopic (exact) mass is 297 g/mol. The molecule has 1 N–H and O–H groups in total. The third-order valence-corrected chi connectivity index (χ3v) is 4.11. The fourth-order valence-electron chi connectivity index (χ4n) is 0.811. The average molecular weight is 299 g/mol.